The Kier molecular flexibility index (Phi) is 2.33. The standard InChI is InChI=1S/C17H15N3/c1-20-9-7-12-2-3-15(11-17(12)20)19-14-4-5-16-13(10-14)6-8-18-16/h2-11,18-19H,1H3. The summed E-state index contributed by atoms with van der Waals surface area (Å²) in [6.45, 7) is 0. The maximum atomic E-state index is 3.47. The average Bonchev–Trinajstić information content (AvgIpc) is 3.06. The van der Waals surface area contributed by atoms with Crippen molar-refractivity contribution < 1.29 is 0 Å². The van der Waals surface area contributed by atoms with Crippen LogP contribution in [0.3, 0.4) is 0 Å². The van der Waals surface area contributed by atoms with Gasteiger partial charge in [0, 0.05) is 47.2 Å². The molecule has 0 aliphatic heterocycles. The number of benzene rings is 2. The van der Waals surface area contributed by atoms with Crippen molar-refractivity contribution >= 4 is 33.2 Å². The lowest BCUT2D eigenvalue weighted by molar-refractivity contribution is 0.969. The summed E-state index contributed by atoms with van der Waals surface area (Å²) in [6.07, 6.45) is 4.05. The molecular formula is C17H15N3. The van der Waals surface area contributed by atoms with E-state index in [4.69, 9.17) is 0 Å². The molecule has 0 saturated carbocycles. The van der Waals surface area contributed by atoms with Gasteiger partial charge in [-0.3, -0.25) is 0 Å². The molecule has 20 heavy (non-hydrogen) atoms. The Morgan fingerprint density at radius 1 is 0.900 bits per heavy atom. The smallest absolute Gasteiger partial charge is 0.0498 e. The molecule has 2 aromatic carbocycles. The molecule has 0 aliphatic carbocycles. The minimum atomic E-state index is 1.10. The summed E-state index contributed by atoms with van der Waals surface area (Å²) in [5.41, 5.74) is 4.60. The maximum absolute atomic E-state index is 3.47. The van der Waals surface area contributed by atoms with Gasteiger partial charge in [0.15, 0.2) is 0 Å². The normalized spacial score (nSPS) is 11.2. The van der Waals surface area contributed by atoms with Crippen LogP contribution in [0.1, 0.15) is 0 Å². The van der Waals surface area contributed by atoms with Gasteiger partial charge in [0.25, 0.3) is 0 Å². The number of rotatable bonds is 2. The topological polar surface area (TPSA) is 32.8 Å². The van der Waals surface area contributed by atoms with Crippen molar-refractivity contribution in [2.75, 3.05) is 5.32 Å². The van der Waals surface area contributed by atoms with E-state index in [9.17, 15) is 0 Å². The molecule has 0 amide bonds. The molecule has 2 N–H and O–H groups in total. The molecule has 3 nitrogen and oxygen atoms in total. The molecule has 0 unspecified atom stereocenters. The predicted molar refractivity (Wildman–Crippen MR) is 84.5 cm³/mol. The minimum Gasteiger partial charge on any atom is -0.361 e. The van der Waals surface area contributed by atoms with Gasteiger partial charge in [-0.25, -0.2) is 0 Å². The second-order valence-electron chi connectivity index (χ2n) is 5.10. The molecule has 0 fully saturated rings. The molecule has 0 radical (unpaired) electrons. The molecule has 2 aromatic heterocycles. The number of hydrogen-bond donors (Lipinski definition) is 2. The predicted octanol–water partition coefficient (Wildman–Crippen LogP) is 4.40. The number of aryl methyl sites for hydroxylation is 1. The molecule has 98 valence electrons. The number of hydrogen-bond acceptors (Lipinski definition) is 1. The largest absolute Gasteiger partial charge is 0.361 e. The van der Waals surface area contributed by atoms with Gasteiger partial charge in [-0.2, -0.15) is 0 Å². The third-order valence-corrected chi connectivity index (χ3v) is 3.73. The van der Waals surface area contributed by atoms with Crippen LogP contribution in [0, 0.1) is 0 Å². The molecule has 0 aliphatic rings. The summed E-state index contributed by atoms with van der Waals surface area (Å²) in [5.74, 6) is 0. The van der Waals surface area contributed by atoms with E-state index < -0.39 is 0 Å². The molecule has 0 saturated heterocycles. The van der Waals surface area contributed by atoms with Gasteiger partial charge < -0.3 is 14.9 Å². The Bertz CT molecular complexity index is 899. The number of anilines is 2. The van der Waals surface area contributed by atoms with Crippen LogP contribution >= 0.6 is 0 Å². The van der Waals surface area contributed by atoms with E-state index in [0.29, 0.717) is 0 Å². The number of fused-ring (bicyclic) bond motifs is 2. The van der Waals surface area contributed by atoms with E-state index in [1.165, 1.54) is 16.3 Å². The Hall–Kier alpha value is -2.68. The van der Waals surface area contributed by atoms with Crippen molar-refractivity contribution in [3.8, 4) is 0 Å². The van der Waals surface area contributed by atoms with Crippen LogP contribution in [0.15, 0.2) is 60.9 Å². The van der Waals surface area contributed by atoms with Gasteiger partial charge >= 0.3 is 0 Å². The molecule has 2 heterocycles. The monoisotopic (exact) mass is 261 g/mol. The lowest BCUT2D eigenvalue weighted by Gasteiger charge is -2.07. The zero-order valence-corrected chi connectivity index (χ0v) is 11.2. The van der Waals surface area contributed by atoms with E-state index in [1.54, 1.807) is 0 Å². The summed E-state index contributed by atoms with van der Waals surface area (Å²) in [4.78, 5) is 3.21. The summed E-state index contributed by atoms with van der Waals surface area (Å²) in [6, 6.07) is 17.0. The Balaban J connectivity index is 1.73. The fourth-order valence-electron chi connectivity index (χ4n) is 2.64. The Morgan fingerprint density at radius 3 is 2.70 bits per heavy atom. The van der Waals surface area contributed by atoms with Gasteiger partial charge in [-0.05, 0) is 47.9 Å². The number of nitrogens with zero attached hydrogens (tertiary/aromatic N) is 1. The number of aromatic amines is 1. The lowest BCUT2D eigenvalue weighted by Crippen LogP contribution is -1.91. The molecule has 3 heteroatoms. The quantitative estimate of drug-likeness (QED) is 0.550. The Labute approximate surface area is 116 Å². The molecule has 4 rings (SSSR count). The van der Waals surface area contributed by atoms with Crippen LogP contribution < -0.4 is 5.32 Å². The number of nitrogens with one attached hydrogen (secondary N) is 2. The zero-order valence-electron chi connectivity index (χ0n) is 11.2. The van der Waals surface area contributed by atoms with Crippen LogP contribution in [0.25, 0.3) is 21.8 Å². The highest BCUT2D eigenvalue weighted by atomic mass is 14.9. The van der Waals surface area contributed by atoms with Crippen LogP contribution in [0.5, 0.6) is 0 Å². The zero-order chi connectivity index (χ0) is 13.5. The SMILES string of the molecule is Cn1ccc2ccc(Nc3ccc4[nH]ccc4c3)cc21. The Morgan fingerprint density at radius 2 is 1.75 bits per heavy atom. The average molecular weight is 261 g/mol. The third-order valence-electron chi connectivity index (χ3n) is 3.73. The first-order valence-corrected chi connectivity index (χ1v) is 6.69. The second-order valence-corrected chi connectivity index (χ2v) is 5.10. The van der Waals surface area contributed by atoms with Gasteiger partial charge in [0.05, 0.1) is 0 Å². The highest BCUT2D eigenvalue weighted by Crippen LogP contribution is 2.24. The van der Waals surface area contributed by atoms with Crippen molar-refractivity contribution in [2.24, 2.45) is 7.05 Å². The highest BCUT2D eigenvalue weighted by molar-refractivity contribution is 5.87. The van der Waals surface area contributed by atoms with Crippen LogP contribution in [0.2, 0.25) is 0 Å². The molecular weight excluding hydrogens is 246 g/mol. The van der Waals surface area contributed by atoms with Crippen molar-refractivity contribution in [3.05, 3.63) is 60.9 Å². The molecule has 0 atom stereocenters. The maximum Gasteiger partial charge on any atom is 0.0498 e. The van der Waals surface area contributed by atoms with E-state index in [2.05, 4.69) is 76.6 Å². The first-order valence-electron chi connectivity index (χ1n) is 6.69. The summed E-state index contributed by atoms with van der Waals surface area (Å²) < 4.78 is 2.13. The van der Waals surface area contributed by atoms with Crippen molar-refractivity contribution in [3.63, 3.8) is 0 Å². The minimum absolute atomic E-state index is 1.10. The van der Waals surface area contributed by atoms with Crippen molar-refractivity contribution in [1.29, 1.82) is 0 Å². The van der Waals surface area contributed by atoms with E-state index in [-0.39, 0.29) is 0 Å². The van der Waals surface area contributed by atoms with Crippen LogP contribution in [-0.4, -0.2) is 9.55 Å². The first-order chi connectivity index (χ1) is 9.79. The second kappa shape index (κ2) is 4.17. The molecule has 4 aromatic rings. The van der Waals surface area contributed by atoms with Gasteiger partial charge in [-0.15, -0.1) is 0 Å². The van der Waals surface area contributed by atoms with Gasteiger partial charge in [0.2, 0.25) is 0 Å². The number of H-pyrrole nitrogens is 1. The van der Waals surface area contributed by atoms with E-state index in [0.717, 1.165) is 16.9 Å². The highest BCUT2D eigenvalue weighted by Gasteiger charge is 2.01. The molecule has 0 bridgehead atoms. The first kappa shape index (κ1) is 11.2. The third kappa shape index (κ3) is 1.75. The van der Waals surface area contributed by atoms with Crippen molar-refractivity contribution in [2.45, 2.75) is 0 Å². The van der Waals surface area contributed by atoms with Gasteiger partial charge in [-0.1, -0.05) is 6.07 Å². The molecule has 0 spiro atoms. The van der Waals surface area contributed by atoms with Crippen molar-refractivity contribution in [1.82, 2.24) is 9.55 Å². The van der Waals surface area contributed by atoms with E-state index in [1.807, 2.05) is 6.20 Å². The number of aromatic nitrogens is 2. The van der Waals surface area contributed by atoms with Crippen LogP contribution in [-0.2, 0) is 7.05 Å². The van der Waals surface area contributed by atoms with Gasteiger partial charge in [0.1, 0.15) is 0 Å². The fourth-order valence-corrected chi connectivity index (χ4v) is 2.64. The summed E-state index contributed by atoms with van der Waals surface area (Å²) in [7, 11) is 2.07. The summed E-state index contributed by atoms with van der Waals surface area (Å²) >= 11 is 0. The summed E-state index contributed by atoms with van der Waals surface area (Å²) in [5, 5.41) is 5.95. The lowest BCUT2D eigenvalue weighted by atomic mass is 10.2. The van der Waals surface area contributed by atoms with Crippen LogP contribution in [0.4, 0.5) is 11.4 Å². The van der Waals surface area contributed by atoms with E-state index >= 15 is 0 Å². The fraction of sp³-hybridized carbons (Fsp3) is 0.0588.